The van der Waals surface area contributed by atoms with Crippen LogP contribution in [0.3, 0.4) is 0 Å². The summed E-state index contributed by atoms with van der Waals surface area (Å²) in [5.74, 6) is -11.8. The highest BCUT2D eigenvalue weighted by molar-refractivity contribution is 5.99. The minimum atomic E-state index is -1.63. The molecular formula is C49H55FN8O16. The molecule has 3 aromatic carbocycles. The molecule has 0 bridgehead atoms. The average molecular weight is 1030 g/mol. The van der Waals surface area contributed by atoms with Gasteiger partial charge in [0.1, 0.15) is 30.2 Å². The number of hydrogen-bond acceptors (Lipinski definition) is 12. The summed E-state index contributed by atoms with van der Waals surface area (Å²) in [4.78, 5) is 139. The fourth-order valence-corrected chi connectivity index (χ4v) is 7.19. The van der Waals surface area contributed by atoms with Crippen LogP contribution in [0.1, 0.15) is 89.6 Å². The number of nitrogens with one attached hydrogen (secondary N) is 7. The molecule has 0 radical (unpaired) electrons. The van der Waals surface area contributed by atoms with Gasteiger partial charge in [-0.15, -0.1) is 0 Å². The van der Waals surface area contributed by atoms with Gasteiger partial charge in [-0.1, -0.05) is 54.6 Å². The Morgan fingerprint density at radius 1 is 0.500 bits per heavy atom. The molecule has 4 aromatic rings. The average Bonchev–Trinajstić information content (AvgIpc) is 3.35. The number of hydrogen-bond donors (Lipinski definition) is 12. The third kappa shape index (κ3) is 19.6. The molecule has 1 heterocycles. The van der Waals surface area contributed by atoms with Crippen molar-refractivity contribution in [2.24, 2.45) is 0 Å². The minimum absolute atomic E-state index is 0.0378. The van der Waals surface area contributed by atoms with Crippen LogP contribution < -0.4 is 37.2 Å². The van der Waals surface area contributed by atoms with Crippen LogP contribution in [0.2, 0.25) is 0 Å². The Morgan fingerprint density at radius 3 is 1.68 bits per heavy atom. The Kier molecular flexibility index (Phi) is 22.3. The van der Waals surface area contributed by atoms with Crippen LogP contribution in [0, 0.1) is 5.95 Å². The maximum absolute atomic E-state index is 13.6. The van der Waals surface area contributed by atoms with Gasteiger partial charge in [0, 0.05) is 62.2 Å². The number of carbonyl (C=O) groups excluding carboxylic acids is 6. The lowest BCUT2D eigenvalue weighted by atomic mass is 10.0. The molecule has 0 saturated heterocycles. The number of amides is 7. The van der Waals surface area contributed by atoms with Gasteiger partial charge in [0.15, 0.2) is 0 Å². The standard InChI is InChI=1S/C49H55FN8O16/c50-38-25-32(20-22-51-38)43(65)54-33(15-18-40(60)61)45(67)55-35(47(70)71)14-17-39(59)53-26-27-8-12-30(13-9-27)42(64)56-37(24-28-10-11-29-5-1-2-6-31(29)23-28)44(66)52-21-4-3-7-34(46(68)69)57-49(74)58-36(48(72)73)16-19-41(62)63/h1-2,5-6,8-13,20,22-23,25,33-37H,3-4,7,14-19,21,24,26H2,(H,52,66)(H,53,59)(H,54,65)(H,55,67)(H,56,64)(H,60,61)(H,62,63)(H,68,69)(H,70,71)(H,72,73)(H2,57,58,74). The fourth-order valence-electron chi connectivity index (χ4n) is 7.19. The second kappa shape index (κ2) is 28.7. The molecule has 0 fully saturated rings. The van der Waals surface area contributed by atoms with Gasteiger partial charge in [0.05, 0.1) is 0 Å². The van der Waals surface area contributed by atoms with E-state index in [4.69, 9.17) is 10.2 Å². The van der Waals surface area contributed by atoms with Crippen molar-refractivity contribution in [2.45, 2.75) is 101 Å². The zero-order valence-corrected chi connectivity index (χ0v) is 39.5. The Morgan fingerprint density at radius 2 is 1.05 bits per heavy atom. The number of urea groups is 1. The molecule has 394 valence electrons. The van der Waals surface area contributed by atoms with Gasteiger partial charge in [-0.25, -0.2) is 24.2 Å². The molecule has 5 atom stereocenters. The van der Waals surface area contributed by atoms with E-state index < -0.39 is 140 Å². The molecule has 1 aromatic heterocycles. The van der Waals surface area contributed by atoms with Crippen LogP contribution in [-0.4, -0.2) is 133 Å². The van der Waals surface area contributed by atoms with Gasteiger partial charge >= 0.3 is 35.9 Å². The SMILES string of the molecule is O=C(O)CCC(NC(=O)NC(CCCCNC(=O)C(Cc1ccc2ccccc2c1)NC(=O)c1ccc(CNC(=O)CCC(NC(=O)C(CCC(=O)O)NC(=O)c2ccnc(F)c2)C(=O)O)cc1)C(=O)O)C(=O)O. The number of aromatic nitrogens is 1. The molecular weight excluding hydrogens is 976 g/mol. The normalized spacial score (nSPS) is 12.8. The highest BCUT2D eigenvalue weighted by Gasteiger charge is 2.29. The highest BCUT2D eigenvalue weighted by Crippen LogP contribution is 2.18. The first kappa shape index (κ1) is 57.5. The van der Waals surface area contributed by atoms with E-state index in [9.17, 15) is 72.4 Å². The number of carboxylic acid groups (broad SMARTS) is 5. The maximum Gasteiger partial charge on any atom is 0.326 e. The van der Waals surface area contributed by atoms with E-state index in [1.807, 2.05) is 42.5 Å². The van der Waals surface area contributed by atoms with Crippen LogP contribution in [0.5, 0.6) is 0 Å². The lowest BCUT2D eigenvalue weighted by molar-refractivity contribution is -0.143. The number of pyridine rings is 1. The predicted molar refractivity (Wildman–Crippen MR) is 257 cm³/mol. The van der Waals surface area contributed by atoms with E-state index in [-0.39, 0.29) is 49.9 Å². The highest BCUT2D eigenvalue weighted by atomic mass is 19.1. The largest absolute Gasteiger partial charge is 0.481 e. The first-order valence-electron chi connectivity index (χ1n) is 23.0. The van der Waals surface area contributed by atoms with Gasteiger partial charge in [-0.05, 0) is 78.6 Å². The van der Waals surface area contributed by atoms with Crippen molar-refractivity contribution in [1.82, 2.24) is 42.2 Å². The van der Waals surface area contributed by atoms with Crippen molar-refractivity contribution >= 4 is 76.2 Å². The van der Waals surface area contributed by atoms with E-state index in [1.54, 1.807) is 0 Å². The molecule has 12 N–H and O–H groups in total. The lowest BCUT2D eigenvalue weighted by Crippen LogP contribution is -2.52. The lowest BCUT2D eigenvalue weighted by Gasteiger charge is -2.21. The van der Waals surface area contributed by atoms with Gasteiger partial charge in [-0.3, -0.25) is 33.6 Å². The van der Waals surface area contributed by atoms with Crippen LogP contribution in [0.15, 0.2) is 85.1 Å². The summed E-state index contributed by atoms with van der Waals surface area (Å²) in [5.41, 5.74) is 1.16. The molecule has 4 rings (SSSR count). The molecule has 25 heteroatoms. The first-order valence-corrected chi connectivity index (χ1v) is 23.0. The zero-order valence-electron chi connectivity index (χ0n) is 39.5. The summed E-state index contributed by atoms with van der Waals surface area (Å²) in [6.07, 6.45) is -1.45. The van der Waals surface area contributed by atoms with E-state index in [0.717, 1.165) is 34.7 Å². The molecule has 0 aliphatic heterocycles. The van der Waals surface area contributed by atoms with Gasteiger partial charge in [0.25, 0.3) is 11.8 Å². The van der Waals surface area contributed by atoms with E-state index >= 15 is 0 Å². The third-order valence-corrected chi connectivity index (χ3v) is 11.2. The van der Waals surface area contributed by atoms with Crippen LogP contribution >= 0.6 is 0 Å². The van der Waals surface area contributed by atoms with Gasteiger partial charge in [-0.2, -0.15) is 4.39 Å². The van der Waals surface area contributed by atoms with Crippen molar-refractivity contribution in [3.63, 3.8) is 0 Å². The first-order chi connectivity index (χ1) is 35.2. The number of carboxylic acids is 5. The quantitative estimate of drug-likeness (QED) is 0.0261. The summed E-state index contributed by atoms with van der Waals surface area (Å²) < 4.78 is 13.6. The summed E-state index contributed by atoms with van der Waals surface area (Å²) in [5, 5.41) is 65.3. The van der Waals surface area contributed by atoms with Crippen LogP contribution in [-0.2, 0) is 51.3 Å². The smallest absolute Gasteiger partial charge is 0.326 e. The molecule has 24 nitrogen and oxygen atoms in total. The summed E-state index contributed by atoms with van der Waals surface area (Å²) in [6, 6.07) is 12.6. The van der Waals surface area contributed by atoms with Gasteiger partial charge < -0.3 is 62.8 Å². The third-order valence-electron chi connectivity index (χ3n) is 11.2. The topological polar surface area (TPSA) is 386 Å². The van der Waals surface area contributed by atoms with E-state index in [2.05, 4.69) is 42.2 Å². The van der Waals surface area contributed by atoms with Crippen LogP contribution in [0.4, 0.5) is 9.18 Å². The Bertz CT molecular complexity index is 2710. The Labute approximate surface area is 420 Å². The number of nitrogens with zero attached hydrogens (tertiary/aromatic N) is 1. The second-order valence-corrected chi connectivity index (χ2v) is 16.8. The summed E-state index contributed by atoms with van der Waals surface area (Å²) >= 11 is 0. The van der Waals surface area contributed by atoms with E-state index in [0.29, 0.717) is 5.56 Å². The fraction of sp³-hybridized carbons (Fsp3) is 0.347. The summed E-state index contributed by atoms with van der Waals surface area (Å²) in [6.45, 7) is -0.0247. The maximum atomic E-state index is 13.6. The number of carbonyl (C=O) groups is 11. The molecule has 0 saturated carbocycles. The number of aliphatic carboxylic acids is 5. The number of halogens is 1. The number of rotatable bonds is 30. The minimum Gasteiger partial charge on any atom is -0.481 e. The second-order valence-electron chi connectivity index (χ2n) is 16.8. The molecule has 0 aliphatic carbocycles. The number of benzene rings is 3. The van der Waals surface area contributed by atoms with Crippen molar-refractivity contribution in [1.29, 1.82) is 0 Å². The van der Waals surface area contributed by atoms with Crippen molar-refractivity contribution in [2.75, 3.05) is 6.54 Å². The summed E-state index contributed by atoms with van der Waals surface area (Å²) in [7, 11) is 0. The Hall–Kier alpha value is -9.03. The number of unbranched alkanes of at least 4 members (excludes halogenated alkanes) is 1. The molecule has 5 unspecified atom stereocenters. The van der Waals surface area contributed by atoms with E-state index in [1.165, 1.54) is 24.3 Å². The molecule has 7 amide bonds. The van der Waals surface area contributed by atoms with Crippen molar-refractivity contribution < 1.29 is 82.7 Å². The monoisotopic (exact) mass is 1030 g/mol. The molecule has 74 heavy (non-hydrogen) atoms. The Balaban J connectivity index is 1.31. The van der Waals surface area contributed by atoms with Crippen LogP contribution in [0.25, 0.3) is 10.8 Å². The molecule has 0 aliphatic rings. The van der Waals surface area contributed by atoms with Crippen molar-refractivity contribution in [3.05, 3.63) is 113 Å². The predicted octanol–water partition coefficient (Wildman–Crippen LogP) is 1.70. The zero-order chi connectivity index (χ0) is 54.3. The van der Waals surface area contributed by atoms with Crippen molar-refractivity contribution in [3.8, 4) is 0 Å². The van der Waals surface area contributed by atoms with Gasteiger partial charge in [0.2, 0.25) is 23.7 Å². The molecule has 0 spiro atoms. The number of fused-ring (bicyclic) bond motifs is 1.